The van der Waals surface area contributed by atoms with Crippen LogP contribution in [0.1, 0.15) is 85.5 Å². The maximum Gasteiger partial charge on any atom is 0.0817 e. The van der Waals surface area contributed by atoms with Crippen LogP contribution in [0.2, 0.25) is 0 Å². The molecule has 6 fully saturated rings. The highest BCUT2D eigenvalue weighted by Crippen LogP contribution is 2.83. The third kappa shape index (κ3) is 2.22. The van der Waals surface area contributed by atoms with Crippen molar-refractivity contribution in [3.05, 3.63) is 11.6 Å². The first-order chi connectivity index (χ1) is 13.8. The Bertz CT molecular complexity index is 726. The molecule has 2 spiro atoms. The summed E-state index contributed by atoms with van der Waals surface area (Å²) in [5.41, 5.74) is 2.67. The van der Waals surface area contributed by atoms with E-state index < -0.39 is 0 Å². The van der Waals surface area contributed by atoms with Crippen LogP contribution in [0.3, 0.4) is 0 Å². The van der Waals surface area contributed by atoms with E-state index in [-0.39, 0.29) is 17.1 Å². The molecular formula is C27H42O2. The summed E-state index contributed by atoms with van der Waals surface area (Å²) in [6.07, 6.45) is 14.4. The molecule has 29 heavy (non-hydrogen) atoms. The second kappa shape index (κ2) is 6.12. The minimum absolute atomic E-state index is 0.0637. The SMILES string of the molecule is CC(C)CC1CCC2(C)C(CC=C3C2CCC2C4COC5(CCC4O)C(C)C325)C1. The van der Waals surface area contributed by atoms with Gasteiger partial charge in [0.2, 0.25) is 0 Å². The number of hydrogen-bond donors (Lipinski definition) is 1. The number of rotatable bonds is 2. The molecule has 4 saturated carbocycles. The van der Waals surface area contributed by atoms with Gasteiger partial charge in [0.1, 0.15) is 0 Å². The van der Waals surface area contributed by atoms with Crippen molar-refractivity contribution in [2.75, 3.05) is 6.61 Å². The molecule has 2 aliphatic heterocycles. The lowest BCUT2D eigenvalue weighted by molar-refractivity contribution is -0.112. The summed E-state index contributed by atoms with van der Waals surface area (Å²) in [5.74, 6) is 5.17. The quantitative estimate of drug-likeness (QED) is 0.579. The highest BCUT2D eigenvalue weighted by molar-refractivity contribution is 5.45. The van der Waals surface area contributed by atoms with Crippen LogP contribution in [0.25, 0.3) is 0 Å². The molecule has 0 aromatic carbocycles. The zero-order valence-corrected chi connectivity index (χ0v) is 19.1. The molecule has 1 N–H and O–H groups in total. The van der Waals surface area contributed by atoms with Crippen LogP contribution in [-0.2, 0) is 4.74 Å². The van der Waals surface area contributed by atoms with Gasteiger partial charge in [-0.1, -0.05) is 39.3 Å². The van der Waals surface area contributed by atoms with Gasteiger partial charge < -0.3 is 9.84 Å². The largest absolute Gasteiger partial charge is 0.393 e. The van der Waals surface area contributed by atoms with Gasteiger partial charge in [-0.05, 0) is 98.7 Å². The molecule has 0 aromatic rings. The molecule has 7 aliphatic rings. The summed E-state index contributed by atoms with van der Waals surface area (Å²) in [7, 11) is 0. The molecule has 2 heteroatoms. The van der Waals surface area contributed by atoms with E-state index in [0.29, 0.717) is 23.2 Å². The third-order valence-electron chi connectivity index (χ3n) is 11.4. The Labute approximate surface area is 177 Å². The van der Waals surface area contributed by atoms with Gasteiger partial charge in [0.15, 0.2) is 0 Å². The first kappa shape index (κ1) is 19.4. The smallest absolute Gasteiger partial charge is 0.0817 e. The number of aliphatic hydroxyl groups excluding tert-OH is 1. The first-order valence-electron chi connectivity index (χ1n) is 12.9. The minimum atomic E-state index is -0.133. The van der Waals surface area contributed by atoms with Crippen LogP contribution >= 0.6 is 0 Å². The molecule has 5 aliphatic carbocycles. The Morgan fingerprint density at radius 2 is 2.00 bits per heavy atom. The van der Waals surface area contributed by atoms with Crippen molar-refractivity contribution in [3.63, 3.8) is 0 Å². The number of allylic oxidation sites excluding steroid dienone is 1. The van der Waals surface area contributed by atoms with E-state index in [1.807, 2.05) is 5.57 Å². The standard InChI is InChI=1S/C27H42O2/c1-16(2)13-18-9-11-25(4)19(14-18)5-6-23-22(25)8-7-21-20-15-29-26(12-10-24(20)28)17(3)27(21,23)26/h6,16-22,24,28H,5,7-15H2,1-4H3. The molecule has 10 unspecified atom stereocenters. The Hall–Kier alpha value is -0.340. The van der Waals surface area contributed by atoms with E-state index in [9.17, 15) is 5.11 Å². The zero-order chi connectivity index (χ0) is 20.2. The van der Waals surface area contributed by atoms with E-state index in [1.165, 1.54) is 44.9 Å². The van der Waals surface area contributed by atoms with Crippen LogP contribution in [0, 0.1) is 52.3 Å². The molecule has 2 saturated heterocycles. The topological polar surface area (TPSA) is 29.5 Å². The van der Waals surface area contributed by atoms with E-state index in [1.54, 1.807) is 0 Å². The van der Waals surface area contributed by atoms with E-state index in [2.05, 4.69) is 33.8 Å². The number of fused-ring (bicyclic) bond motifs is 6. The van der Waals surface area contributed by atoms with Crippen molar-refractivity contribution >= 4 is 0 Å². The monoisotopic (exact) mass is 398 g/mol. The van der Waals surface area contributed by atoms with Crippen molar-refractivity contribution in [1.82, 2.24) is 0 Å². The van der Waals surface area contributed by atoms with E-state index in [4.69, 9.17) is 4.74 Å². The lowest BCUT2D eigenvalue weighted by Gasteiger charge is -2.58. The van der Waals surface area contributed by atoms with Crippen molar-refractivity contribution in [2.45, 2.75) is 97.2 Å². The van der Waals surface area contributed by atoms with Crippen LogP contribution in [-0.4, -0.2) is 23.4 Å². The summed E-state index contributed by atoms with van der Waals surface area (Å²) in [6.45, 7) is 10.8. The maximum absolute atomic E-state index is 10.9. The van der Waals surface area contributed by atoms with Crippen LogP contribution in [0.15, 0.2) is 11.6 Å². The van der Waals surface area contributed by atoms with Gasteiger partial charge in [0.05, 0.1) is 18.3 Å². The van der Waals surface area contributed by atoms with Crippen LogP contribution < -0.4 is 0 Å². The van der Waals surface area contributed by atoms with Crippen molar-refractivity contribution < 1.29 is 9.84 Å². The summed E-state index contributed by atoms with van der Waals surface area (Å²) < 4.78 is 6.68. The maximum atomic E-state index is 10.9. The molecule has 2 bridgehead atoms. The van der Waals surface area contributed by atoms with Gasteiger partial charge in [-0.2, -0.15) is 0 Å². The van der Waals surface area contributed by atoms with Gasteiger partial charge in [-0.25, -0.2) is 0 Å². The van der Waals surface area contributed by atoms with Gasteiger partial charge in [0.25, 0.3) is 0 Å². The summed E-state index contributed by atoms with van der Waals surface area (Å²) >= 11 is 0. The molecule has 2 heterocycles. The Balaban J connectivity index is 1.37. The molecule has 0 amide bonds. The van der Waals surface area contributed by atoms with E-state index in [0.717, 1.165) is 43.1 Å². The van der Waals surface area contributed by atoms with Crippen molar-refractivity contribution in [3.8, 4) is 0 Å². The molecule has 0 radical (unpaired) electrons. The fourth-order valence-corrected chi connectivity index (χ4v) is 10.2. The van der Waals surface area contributed by atoms with Crippen molar-refractivity contribution in [2.24, 2.45) is 52.3 Å². The second-order valence-electron chi connectivity index (χ2n) is 12.7. The predicted octanol–water partition coefficient (Wildman–Crippen LogP) is 5.99. The Morgan fingerprint density at radius 1 is 1.17 bits per heavy atom. The molecule has 2 nitrogen and oxygen atoms in total. The van der Waals surface area contributed by atoms with Crippen molar-refractivity contribution in [1.29, 1.82) is 0 Å². The molecule has 162 valence electrons. The minimum Gasteiger partial charge on any atom is -0.393 e. The van der Waals surface area contributed by atoms with Gasteiger partial charge in [-0.3, -0.25) is 0 Å². The highest BCUT2D eigenvalue weighted by atomic mass is 16.5. The summed E-state index contributed by atoms with van der Waals surface area (Å²) in [6, 6.07) is 0. The molecule has 0 aromatic heterocycles. The lowest BCUT2D eigenvalue weighted by Crippen LogP contribution is -2.53. The van der Waals surface area contributed by atoms with Crippen LogP contribution in [0.5, 0.6) is 0 Å². The fourth-order valence-electron chi connectivity index (χ4n) is 10.2. The first-order valence-corrected chi connectivity index (χ1v) is 12.9. The number of ether oxygens (including phenoxy) is 1. The third-order valence-corrected chi connectivity index (χ3v) is 11.4. The van der Waals surface area contributed by atoms with Crippen LogP contribution in [0.4, 0.5) is 0 Å². The normalized spacial score (nSPS) is 57.9. The Morgan fingerprint density at radius 3 is 2.79 bits per heavy atom. The van der Waals surface area contributed by atoms with Gasteiger partial charge >= 0.3 is 0 Å². The zero-order valence-electron chi connectivity index (χ0n) is 19.1. The molecular weight excluding hydrogens is 356 g/mol. The number of aliphatic hydroxyl groups is 1. The van der Waals surface area contributed by atoms with Gasteiger partial charge in [-0.15, -0.1) is 0 Å². The highest BCUT2D eigenvalue weighted by Gasteiger charge is 2.84. The Kier molecular flexibility index (Phi) is 4.09. The molecule has 10 atom stereocenters. The summed E-state index contributed by atoms with van der Waals surface area (Å²) in [4.78, 5) is 0. The van der Waals surface area contributed by atoms with Gasteiger partial charge in [0, 0.05) is 11.3 Å². The average molecular weight is 399 g/mol. The number of hydrogen-bond acceptors (Lipinski definition) is 2. The average Bonchev–Trinajstić information content (AvgIpc) is 3.31. The lowest BCUT2D eigenvalue weighted by atomic mass is 9.47. The fraction of sp³-hybridized carbons (Fsp3) is 0.926. The summed E-state index contributed by atoms with van der Waals surface area (Å²) in [5, 5.41) is 10.9. The second-order valence-corrected chi connectivity index (χ2v) is 12.7. The predicted molar refractivity (Wildman–Crippen MR) is 116 cm³/mol. The molecule has 7 rings (SSSR count). The van der Waals surface area contributed by atoms with E-state index >= 15 is 0 Å².